The smallest absolute Gasteiger partial charge is 0.357 e. The number of hydrogen-bond acceptors (Lipinski definition) is 4. The van der Waals surface area contributed by atoms with Gasteiger partial charge in [-0.15, -0.1) is 0 Å². The summed E-state index contributed by atoms with van der Waals surface area (Å²) < 4.78 is 0.908. The number of aryl methyl sites for hydroxylation is 1. The van der Waals surface area contributed by atoms with Gasteiger partial charge in [0.1, 0.15) is 6.54 Å². The molecule has 1 aromatic heterocycles. The van der Waals surface area contributed by atoms with E-state index >= 15 is 0 Å². The Hall–Kier alpha value is -3.48. The number of carboxylic acid groups (broad SMARTS) is 1. The average Bonchev–Trinajstić information content (AvgIpc) is 2.69. The van der Waals surface area contributed by atoms with Crippen LogP contribution in [0.3, 0.4) is 0 Å². The molecule has 3 aromatic rings. The van der Waals surface area contributed by atoms with Crippen molar-refractivity contribution in [2.24, 2.45) is 0 Å². The molecule has 3 rings (SSSR count). The van der Waals surface area contributed by atoms with E-state index in [0.717, 1.165) is 17.5 Å². The molecule has 0 radical (unpaired) electrons. The summed E-state index contributed by atoms with van der Waals surface area (Å²) in [4.78, 5) is 36.4. The third-order valence-electron chi connectivity index (χ3n) is 4.48. The second-order valence-electron chi connectivity index (χ2n) is 6.65. The summed E-state index contributed by atoms with van der Waals surface area (Å²) in [6, 6.07) is 16.2. The number of rotatable bonds is 7. The molecule has 144 valence electrons. The van der Waals surface area contributed by atoms with Gasteiger partial charge in [-0.25, -0.2) is 9.48 Å². The van der Waals surface area contributed by atoms with Crippen LogP contribution in [0.1, 0.15) is 29.4 Å². The Morgan fingerprint density at radius 2 is 1.71 bits per heavy atom. The molecular weight excluding hydrogens is 358 g/mol. The molecule has 0 aliphatic heterocycles. The van der Waals surface area contributed by atoms with Crippen LogP contribution >= 0.6 is 0 Å². The van der Waals surface area contributed by atoms with Crippen molar-refractivity contribution in [3.05, 3.63) is 76.2 Å². The van der Waals surface area contributed by atoms with E-state index in [9.17, 15) is 19.5 Å². The molecule has 0 unspecified atom stereocenters. The SMILES string of the molecule is C[C@H](CCc1ccccc1)NC(=O)Cn1nc(C(=O)O)c2ccccc2c1=O. The van der Waals surface area contributed by atoms with Crippen LogP contribution in [0.15, 0.2) is 59.4 Å². The second-order valence-corrected chi connectivity index (χ2v) is 6.65. The number of aromatic carboxylic acids is 1. The molecule has 0 aliphatic rings. The molecule has 0 saturated heterocycles. The number of benzene rings is 2. The fourth-order valence-electron chi connectivity index (χ4n) is 3.06. The zero-order chi connectivity index (χ0) is 20.1. The molecule has 0 spiro atoms. The Morgan fingerprint density at radius 1 is 1.07 bits per heavy atom. The van der Waals surface area contributed by atoms with E-state index < -0.39 is 11.5 Å². The van der Waals surface area contributed by atoms with Gasteiger partial charge in [0.05, 0.1) is 5.39 Å². The summed E-state index contributed by atoms with van der Waals surface area (Å²) in [6.45, 7) is 1.56. The monoisotopic (exact) mass is 379 g/mol. The van der Waals surface area contributed by atoms with Gasteiger partial charge in [-0.3, -0.25) is 9.59 Å². The van der Waals surface area contributed by atoms with Gasteiger partial charge in [0, 0.05) is 11.4 Å². The highest BCUT2D eigenvalue weighted by Crippen LogP contribution is 2.13. The minimum atomic E-state index is -1.25. The van der Waals surface area contributed by atoms with Crippen molar-refractivity contribution in [2.75, 3.05) is 0 Å². The molecule has 1 heterocycles. The van der Waals surface area contributed by atoms with Crippen LogP contribution in [0.5, 0.6) is 0 Å². The fourth-order valence-corrected chi connectivity index (χ4v) is 3.06. The molecule has 28 heavy (non-hydrogen) atoms. The van der Waals surface area contributed by atoms with Gasteiger partial charge in [-0.05, 0) is 31.4 Å². The van der Waals surface area contributed by atoms with Gasteiger partial charge in [0.15, 0.2) is 5.69 Å². The summed E-state index contributed by atoms with van der Waals surface area (Å²) in [7, 11) is 0. The van der Waals surface area contributed by atoms with Crippen molar-refractivity contribution >= 4 is 22.6 Å². The number of carboxylic acids is 1. The molecule has 0 bridgehead atoms. The summed E-state index contributed by atoms with van der Waals surface area (Å²) in [6.07, 6.45) is 1.57. The first-order chi connectivity index (χ1) is 13.5. The quantitative estimate of drug-likeness (QED) is 0.656. The zero-order valence-electron chi connectivity index (χ0n) is 15.5. The van der Waals surface area contributed by atoms with Crippen LogP contribution in [0.4, 0.5) is 0 Å². The van der Waals surface area contributed by atoms with Crippen molar-refractivity contribution in [3.63, 3.8) is 0 Å². The predicted molar refractivity (Wildman–Crippen MR) is 105 cm³/mol. The van der Waals surface area contributed by atoms with Crippen LogP contribution in [-0.2, 0) is 17.8 Å². The average molecular weight is 379 g/mol. The number of aromatic nitrogens is 2. The lowest BCUT2D eigenvalue weighted by Gasteiger charge is -2.15. The van der Waals surface area contributed by atoms with Crippen molar-refractivity contribution < 1.29 is 14.7 Å². The van der Waals surface area contributed by atoms with Gasteiger partial charge in [-0.2, -0.15) is 5.10 Å². The third kappa shape index (κ3) is 4.43. The van der Waals surface area contributed by atoms with E-state index in [1.165, 1.54) is 17.7 Å². The second kappa shape index (κ2) is 8.47. The fraction of sp³-hybridized carbons (Fsp3) is 0.238. The first-order valence-electron chi connectivity index (χ1n) is 9.02. The van der Waals surface area contributed by atoms with Crippen LogP contribution in [0.25, 0.3) is 10.8 Å². The number of fused-ring (bicyclic) bond motifs is 1. The molecule has 7 heteroatoms. The van der Waals surface area contributed by atoms with Gasteiger partial charge in [0.25, 0.3) is 5.56 Å². The number of amides is 1. The maximum Gasteiger partial charge on any atom is 0.357 e. The Balaban J connectivity index is 1.71. The Kier molecular flexibility index (Phi) is 5.84. The molecular formula is C21H21N3O4. The minimum Gasteiger partial charge on any atom is -0.476 e. The third-order valence-corrected chi connectivity index (χ3v) is 4.48. The normalized spacial score (nSPS) is 11.9. The van der Waals surface area contributed by atoms with Crippen LogP contribution in [0.2, 0.25) is 0 Å². The van der Waals surface area contributed by atoms with E-state index in [-0.39, 0.29) is 35.0 Å². The molecule has 7 nitrogen and oxygen atoms in total. The molecule has 0 saturated carbocycles. The van der Waals surface area contributed by atoms with Crippen molar-refractivity contribution in [1.82, 2.24) is 15.1 Å². The lowest BCUT2D eigenvalue weighted by atomic mass is 10.1. The molecule has 1 amide bonds. The number of nitrogens with zero attached hydrogens (tertiary/aromatic N) is 2. The first-order valence-corrected chi connectivity index (χ1v) is 9.02. The molecule has 0 aliphatic carbocycles. The summed E-state index contributed by atoms with van der Waals surface area (Å²) in [5.74, 6) is -1.64. The van der Waals surface area contributed by atoms with E-state index in [4.69, 9.17) is 0 Å². The number of nitrogens with one attached hydrogen (secondary N) is 1. The topological polar surface area (TPSA) is 101 Å². The van der Waals surface area contributed by atoms with E-state index in [1.54, 1.807) is 12.1 Å². The highest BCUT2D eigenvalue weighted by molar-refractivity contribution is 6.01. The number of carbonyl (C=O) groups is 2. The summed E-state index contributed by atoms with van der Waals surface area (Å²) in [5.41, 5.74) is 0.440. The lowest BCUT2D eigenvalue weighted by molar-refractivity contribution is -0.122. The van der Waals surface area contributed by atoms with Crippen LogP contribution in [0, 0.1) is 0 Å². The van der Waals surface area contributed by atoms with Gasteiger partial charge in [-0.1, -0.05) is 48.5 Å². The standard InChI is InChI=1S/C21H21N3O4/c1-14(11-12-15-7-3-2-4-8-15)22-18(25)13-24-20(26)17-10-6-5-9-16(17)19(23-24)21(27)28/h2-10,14H,11-13H2,1H3,(H,22,25)(H,27,28)/t14-/m1/s1. The molecule has 1 atom stereocenters. The predicted octanol–water partition coefficient (Wildman–Crippen LogP) is 2.23. The Bertz CT molecular complexity index is 1060. The van der Waals surface area contributed by atoms with Crippen molar-refractivity contribution in [3.8, 4) is 0 Å². The van der Waals surface area contributed by atoms with Crippen LogP contribution < -0.4 is 10.9 Å². The minimum absolute atomic E-state index is 0.0946. The van der Waals surface area contributed by atoms with Crippen molar-refractivity contribution in [2.45, 2.75) is 32.4 Å². The highest BCUT2D eigenvalue weighted by atomic mass is 16.4. The first kappa shape index (κ1) is 19.3. The Morgan fingerprint density at radius 3 is 2.39 bits per heavy atom. The maximum atomic E-state index is 12.6. The van der Waals surface area contributed by atoms with E-state index in [0.29, 0.717) is 0 Å². The van der Waals surface area contributed by atoms with Gasteiger partial charge < -0.3 is 10.4 Å². The molecule has 2 N–H and O–H groups in total. The zero-order valence-corrected chi connectivity index (χ0v) is 15.5. The summed E-state index contributed by atoms with van der Waals surface area (Å²) >= 11 is 0. The Labute approximate surface area is 161 Å². The lowest BCUT2D eigenvalue weighted by Crippen LogP contribution is -2.39. The molecule has 0 fully saturated rings. The largest absolute Gasteiger partial charge is 0.476 e. The summed E-state index contributed by atoms with van der Waals surface area (Å²) in [5, 5.41) is 16.6. The highest BCUT2D eigenvalue weighted by Gasteiger charge is 2.17. The van der Waals surface area contributed by atoms with E-state index in [2.05, 4.69) is 10.4 Å². The van der Waals surface area contributed by atoms with E-state index in [1.807, 2.05) is 37.3 Å². The van der Waals surface area contributed by atoms with Gasteiger partial charge in [0.2, 0.25) is 5.91 Å². The number of hydrogen-bond donors (Lipinski definition) is 2. The van der Waals surface area contributed by atoms with Crippen LogP contribution in [-0.4, -0.2) is 32.8 Å². The maximum absolute atomic E-state index is 12.6. The van der Waals surface area contributed by atoms with Gasteiger partial charge >= 0.3 is 5.97 Å². The van der Waals surface area contributed by atoms with Crippen molar-refractivity contribution in [1.29, 1.82) is 0 Å². The number of carbonyl (C=O) groups excluding carboxylic acids is 1. The molecule has 2 aromatic carbocycles.